The molecule has 0 aliphatic rings. The average Bonchev–Trinajstić information content (AvgIpc) is 1.88. The van der Waals surface area contributed by atoms with Crippen molar-refractivity contribution in [3.63, 3.8) is 0 Å². The summed E-state index contributed by atoms with van der Waals surface area (Å²) in [4.78, 5) is 0. The molecular formula is C7H8Br2N2. The van der Waals surface area contributed by atoms with Crippen molar-refractivity contribution >= 4 is 31.9 Å². The molecule has 2 nitrogen and oxygen atoms in total. The number of hydrogen-bond acceptors (Lipinski definition) is 2. The molecule has 0 radical (unpaired) electrons. The van der Waals surface area contributed by atoms with E-state index in [0.717, 1.165) is 11.8 Å². The van der Waals surface area contributed by atoms with Gasteiger partial charge in [-0.05, 0) is 6.42 Å². The fourth-order valence-corrected chi connectivity index (χ4v) is 2.43. The van der Waals surface area contributed by atoms with Crippen LogP contribution < -0.4 is 0 Å². The summed E-state index contributed by atoms with van der Waals surface area (Å²) in [5, 5.41) is 17.7. The highest BCUT2D eigenvalue weighted by atomic mass is 79.9. The van der Waals surface area contributed by atoms with E-state index in [9.17, 15) is 0 Å². The monoisotopic (exact) mass is 278 g/mol. The van der Waals surface area contributed by atoms with Gasteiger partial charge in [0, 0.05) is 5.33 Å². The second kappa shape index (κ2) is 5.57. The Kier molecular flexibility index (Phi) is 5.54. The minimum Gasteiger partial charge on any atom is -0.198 e. The summed E-state index contributed by atoms with van der Waals surface area (Å²) < 4.78 is -0.306. The van der Waals surface area contributed by atoms with Gasteiger partial charge in [0.15, 0.2) is 0 Å². The largest absolute Gasteiger partial charge is 0.198 e. The Hall–Kier alpha value is -0.0600. The summed E-state index contributed by atoms with van der Waals surface area (Å²) in [6, 6.07) is 4.12. The van der Waals surface area contributed by atoms with Crippen LogP contribution in [0.15, 0.2) is 0 Å². The molecular weight excluding hydrogens is 272 g/mol. The van der Waals surface area contributed by atoms with Gasteiger partial charge < -0.3 is 0 Å². The van der Waals surface area contributed by atoms with Crippen molar-refractivity contribution in [3.8, 4) is 12.1 Å². The Morgan fingerprint density at radius 3 is 1.91 bits per heavy atom. The van der Waals surface area contributed by atoms with Crippen molar-refractivity contribution in [2.45, 2.75) is 23.6 Å². The Morgan fingerprint density at radius 1 is 1.18 bits per heavy atom. The first-order valence-electron chi connectivity index (χ1n) is 3.17. The summed E-state index contributed by atoms with van der Waals surface area (Å²) in [6.07, 6.45) is 1.56. The Bertz CT molecular complexity index is 174. The molecule has 0 aliphatic carbocycles. The minimum absolute atomic E-state index is 0.306. The quantitative estimate of drug-likeness (QED) is 0.743. The van der Waals surface area contributed by atoms with Crippen molar-refractivity contribution in [1.82, 2.24) is 0 Å². The molecule has 4 heteroatoms. The molecule has 11 heavy (non-hydrogen) atoms. The molecule has 0 aromatic carbocycles. The minimum atomic E-state index is -0.306. The number of alkyl halides is 2. The van der Waals surface area contributed by atoms with E-state index in [1.807, 2.05) is 0 Å². The standard InChI is InChI=1S/C7H8Br2N2/c8-4-1-7(9,2-5-10)3-6-11/h1-4H2. The summed E-state index contributed by atoms with van der Waals surface area (Å²) in [5.41, 5.74) is 0. The summed E-state index contributed by atoms with van der Waals surface area (Å²) in [5.74, 6) is 0. The molecule has 0 aromatic rings. The van der Waals surface area contributed by atoms with E-state index in [1.165, 1.54) is 0 Å². The van der Waals surface area contributed by atoms with Crippen LogP contribution in [0, 0.1) is 22.7 Å². The van der Waals surface area contributed by atoms with Crippen LogP contribution in [0.4, 0.5) is 0 Å². The second-order valence-electron chi connectivity index (χ2n) is 2.26. The third-order valence-corrected chi connectivity index (χ3v) is 2.69. The molecule has 60 valence electrons. The molecule has 0 bridgehead atoms. The first kappa shape index (κ1) is 10.9. The van der Waals surface area contributed by atoms with Gasteiger partial charge in [-0.1, -0.05) is 31.9 Å². The van der Waals surface area contributed by atoms with Crippen molar-refractivity contribution < 1.29 is 0 Å². The van der Waals surface area contributed by atoms with Gasteiger partial charge in [-0.25, -0.2) is 0 Å². The van der Waals surface area contributed by atoms with Gasteiger partial charge in [-0.15, -0.1) is 0 Å². The smallest absolute Gasteiger partial charge is 0.0636 e. The first-order chi connectivity index (χ1) is 5.18. The molecule has 0 aromatic heterocycles. The van der Waals surface area contributed by atoms with Gasteiger partial charge in [0.1, 0.15) is 0 Å². The van der Waals surface area contributed by atoms with E-state index in [-0.39, 0.29) is 4.32 Å². The van der Waals surface area contributed by atoms with Gasteiger partial charge in [-0.3, -0.25) is 0 Å². The van der Waals surface area contributed by atoms with Crippen molar-refractivity contribution in [3.05, 3.63) is 0 Å². The topological polar surface area (TPSA) is 47.6 Å². The molecule has 0 saturated carbocycles. The van der Waals surface area contributed by atoms with Crippen LogP contribution in [-0.2, 0) is 0 Å². The number of halogens is 2. The average molecular weight is 280 g/mol. The zero-order valence-corrected chi connectivity index (χ0v) is 9.15. The van der Waals surface area contributed by atoms with Gasteiger partial charge >= 0.3 is 0 Å². The Morgan fingerprint density at radius 2 is 1.64 bits per heavy atom. The van der Waals surface area contributed by atoms with E-state index >= 15 is 0 Å². The maximum absolute atomic E-state index is 8.45. The normalized spacial score (nSPS) is 10.2. The number of nitrogens with zero attached hydrogens (tertiary/aromatic N) is 2. The van der Waals surface area contributed by atoms with Gasteiger partial charge in [0.2, 0.25) is 0 Å². The number of rotatable bonds is 4. The van der Waals surface area contributed by atoms with E-state index in [2.05, 4.69) is 44.0 Å². The third-order valence-electron chi connectivity index (χ3n) is 1.33. The molecule has 0 heterocycles. The fourth-order valence-electron chi connectivity index (χ4n) is 0.692. The predicted molar refractivity (Wildman–Crippen MR) is 50.5 cm³/mol. The van der Waals surface area contributed by atoms with Crippen LogP contribution in [0.1, 0.15) is 19.3 Å². The Labute approximate surface area is 83.4 Å². The van der Waals surface area contributed by atoms with E-state index in [1.54, 1.807) is 0 Å². The van der Waals surface area contributed by atoms with Gasteiger partial charge in [0.25, 0.3) is 0 Å². The van der Waals surface area contributed by atoms with Gasteiger partial charge in [-0.2, -0.15) is 10.5 Å². The van der Waals surface area contributed by atoms with Crippen LogP contribution in [0.2, 0.25) is 0 Å². The van der Waals surface area contributed by atoms with Crippen molar-refractivity contribution in [2.75, 3.05) is 5.33 Å². The summed E-state index contributed by atoms with van der Waals surface area (Å²) in [6.45, 7) is 0. The zero-order valence-electron chi connectivity index (χ0n) is 5.98. The lowest BCUT2D eigenvalue weighted by Crippen LogP contribution is -2.19. The van der Waals surface area contributed by atoms with E-state index in [0.29, 0.717) is 12.8 Å². The lowest BCUT2D eigenvalue weighted by Gasteiger charge is -2.19. The number of nitriles is 2. The lowest BCUT2D eigenvalue weighted by molar-refractivity contribution is 0.612. The highest BCUT2D eigenvalue weighted by molar-refractivity contribution is 9.10. The molecule has 0 N–H and O–H groups in total. The maximum atomic E-state index is 8.45. The van der Waals surface area contributed by atoms with Crippen LogP contribution in [0.25, 0.3) is 0 Å². The summed E-state index contributed by atoms with van der Waals surface area (Å²) in [7, 11) is 0. The molecule has 0 atom stereocenters. The maximum Gasteiger partial charge on any atom is 0.0636 e. The predicted octanol–water partition coefficient (Wildman–Crippen LogP) is 2.73. The highest BCUT2D eigenvalue weighted by Crippen LogP contribution is 2.30. The van der Waals surface area contributed by atoms with Crippen LogP contribution >= 0.6 is 31.9 Å². The molecule has 0 unspecified atom stereocenters. The molecule has 0 rings (SSSR count). The highest BCUT2D eigenvalue weighted by Gasteiger charge is 2.25. The van der Waals surface area contributed by atoms with E-state index in [4.69, 9.17) is 10.5 Å². The molecule has 0 amide bonds. The number of hydrogen-bond donors (Lipinski definition) is 0. The van der Waals surface area contributed by atoms with E-state index < -0.39 is 0 Å². The van der Waals surface area contributed by atoms with Crippen LogP contribution in [0.5, 0.6) is 0 Å². The fraction of sp³-hybridized carbons (Fsp3) is 0.714. The summed E-state index contributed by atoms with van der Waals surface area (Å²) >= 11 is 6.67. The zero-order chi connectivity index (χ0) is 8.74. The van der Waals surface area contributed by atoms with Crippen molar-refractivity contribution in [2.24, 2.45) is 0 Å². The third kappa shape index (κ3) is 4.40. The SMILES string of the molecule is N#CCC(Br)(CC#N)CCBr. The van der Waals surface area contributed by atoms with Crippen LogP contribution in [0.3, 0.4) is 0 Å². The van der Waals surface area contributed by atoms with Gasteiger partial charge in [0.05, 0.1) is 29.3 Å². The Balaban J connectivity index is 4.05. The van der Waals surface area contributed by atoms with Crippen LogP contribution in [-0.4, -0.2) is 9.65 Å². The first-order valence-corrected chi connectivity index (χ1v) is 5.09. The van der Waals surface area contributed by atoms with Crippen molar-refractivity contribution in [1.29, 1.82) is 10.5 Å². The lowest BCUT2D eigenvalue weighted by atomic mass is 10.00. The second-order valence-corrected chi connectivity index (χ2v) is 4.73. The molecule has 0 aliphatic heterocycles. The molecule has 0 fully saturated rings. The molecule has 0 saturated heterocycles. The molecule has 0 spiro atoms.